The Morgan fingerprint density at radius 1 is 1.11 bits per heavy atom. The van der Waals surface area contributed by atoms with E-state index < -0.39 is 5.60 Å². The van der Waals surface area contributed by atoms with Crippen LogP contribution in [-0.2, 0) is 14.9 Å². The molecular formula is C23H28ClNO3. The Morgan fingerprint density at radius 2 is 1.71 bits per heavy atom. The molecule has 0 unspecified atom stereocenters. The van der Waals surface area contributed by atoms with Gasteiger partial charge in [-0.3, -0.25) is 4.79 Å². The maximum Gasteiger partial charge on any atom is 0.263 e. The molecule has 1 aliphatic rings. The van der Waals surface area contributed by atoms with Crippen molar-refractivity contribution in [2.24, 2.45) is 0 Å². The fourth-order valence-electron chi connectivity index (χ4n) is 3.54. The largest absolute Gasteiger partial charge is 0.478 e. The van der Waals surface area contributed by atoms with Gasteiger partial charge < -0.3 is 14.8 Å². The first-order valence-corrected chi connectivity index (χ1v) is 10.1. The van der Waals surface area contributed by atoms with E-state index in [9.17, 15) is 4.79 Å². The summed E-state index contributed by atoms with van der Waals surface area (Å²) in [5.74, 6) is 0.476. The lowest BCUT2D eigenvalue weighted by molar-refractivity contribution is -0.134. The molecule has 4 nitrogen and oxygen atoms in total. The second-order valence-corrected chi connectivity index (χ2v) is 8.44. The van der Waals surface area contributed by atoms with Crippen LogP contribution in [0.2, 0.25) is 5.02 Å². The third-order valence-electron chi connectivity index (χ3n) is 5.43. The van der Waals surface area contributed by atoms with Crippen molar-refractivity contribution in [2.45, 2.75) is 44.6 Å². The molecule has 1 aliphatic heterocycles. The van der Waals surface area contributed by atoms with E-state index in [0.29, 0.717) is 30.5 Å². The Balaban J connectivity index is 1.70. The van der Waals surface area contributed by atoms with Crippen molar-refractivity contribution in [3.05, 3.63) is 64.7 Å². The fourth-order valence-corrected chi connectivity index (χ4v) is 3.67. The zero-order chi connectivity index (χ0) is 20.2. The van der Waals surface area contributed by atoms with Crippen molar-refractivity contribution in [2.75, 3.05) is 19.8 Å². The molecular weight excluding hydrogens is 374 g/mol. The predicted octanol–water partition coefficient (Wildman–Crippen LogP) is 4.67. The standard InChI is InChI=1S/C23H28ClNO3/c1-17-4-6-18(7-5-17)23(12-14-27-15-13-23)16-25-21(26)22(2,3)28-20-10-8-19(24)9-11-20/h4-11H,12-16H2,1-3H3,(H,25,26). The van der Waals surface area contributed by atoms with Gasteiger partial charge in [0.05, 0.1) is 0 Å². The molecule has 5 heteroatoms. The van der Waals surface area contributed by atoms with E-state index in [1.165, 1.54) is 11.1 Å². The first-order chi connectivity index (χ1) is 13.3. The van der Waals surface area contributed by atoms with Gasteiger partial charge in [-0.1, -0.05) is 41.4 Å². The van der Waals surface area contributed by atoms with Crippen molar-refractivity contribution in [3.8, 4) is 5.75 Å². The van der Waals surface area contributed by atoms with E-state index in [1.807, 2.05) is 0 Å². The highest BCUT2D eigenvalue weighted by Crippen LogP contribution is 2.34. The Morgan fingerprint density at radius 3 is 2.32 bits per heavy atom. The number of halogens is 1. The summed E-state index contributed by atoms with van der Waals surface area (Å²) < 4.78 is 11.5. The first kappa shape index (κ1) is 20.7. The normalized spacial score (nSPS) is 16.4. The summed E-state index contributed by atoms with van der Waals surface area (Å²) in [5.41, 5.74) is 1.37. The highest BCUT2D eigenvalue weighted by molar-refractivity contribution is 6.30. The zero-order valence-corrected chi connectivity index (χ0v) is 17.5. The fraction of sp³-hybridized carbons (Fsp3) is 0.435. The third-order valence-corrected chi connectivity index (χ3v) is 5.69. The summed E-state index contributed by atoms with van der Waals surface area (Å²) in [6, 6.07) is 15.6. The Labute approximate surface area is 172 Å². The summed E-state index contributed by atoms with van der Waals surface area (Å²) in [4.78, 5) is 12.9. The molecule has 1 saturated heterocycles. The topological polar surface area (TPSA) is 47.6 Å². The molecule has 3 rings (SSSR count). The quantitative estimate of drug-likeness (QED) is 0.765. The molecule has 1 heterocycles. The lowest BCUT2D eigenvalue weighted by atomic mass is 9.74. The maximum atomic E-state index is 12.9. The van der Waals surface area contributed by atoms with Gasteiger partial charge in [-0.2, -0.15) is 0 Å². The number of benzene rings is 2. The van der Waals surface area contributed by atoms with Crippen molar-refractivity contribution < 1.29 is 14.3 Å². The van der Waals surface area contributed by atoms with E-state index in [4.69, 9.17) is 21.1 Å². The molecule has 0 aliphatic carbocycles. The van der Waals surface area contributed by atoms with Gasteiger partial charge in [-0.15, -0.1) is 0 Å². The average molecular weight is 402 g/mol. The Hall–Kier alpha value is -2.04. The first-order valence-electron chi connectivity index (χ1n) is 9.69. The van der Waals surface area contributed by atoms with E-state index in [2.05, 4.69) is 36.5 Å². The molecule has 1 fully saturated rings. The lowest BCUT2D eigenvalue weighted by Crippen LogP contribution is -2.52. The zero-order valence-electron chi connectivity index (χ0n) is 16.8. The average Bonchev–Trinajstić information content (AvgIpc) is 2.69. The van der Waals surface area contributed by atoms with Gasteiger partial charge >= 0.3 is 0 Å². The highest BCUT2D eigenvalue weighted by atomic mass is 35.5. The number of rotatable bonds is 6. The van der Waals surface area contributed by atoms with E-state index in [0.717, 1.165) is 12.8 Å². The number of amides is 1. The monoisotopic (exact) mass is 401 g/mol. The van der Waals surface area contributed by atoms with Crippen LogP contribution in [0.25, 0.3) is 0 Å². The van der Waals surface area contributed by atoms with Crippen LogP contribution in [0.4, 0.5) is 0 Å². The maximum absolute atomic E-state index is 12.9. The molecule has 150 valence electrons. The summed E-state index contributed by atoms with van der Waals surface area (Å²) >= 11 is 5.92. The van der Waals surface area contributed by atoms with Gasteiger partial charge in [0.1, 0.15) is 5.75 Å². The van der Waals surface area contributed by atoms with Crippen LogP contribution in [0, 0.1) is 6.92 Å². The minimum Gasteiger partial charge on any atom is -0.478 e. The molecule has 0 radical (unpaired) electrons. The molecule has 0 bridgehead atoms. The Bertz CT molecular complexity index is 794. The summed E-state index contributed by atoms with van der Waals surface area (Å²) in [6.07, 6.45) is 1.77. The smallest absolute Gasteiger partial charge is 0.263 e. The van der Waals surface area contributed by atoms with Gasteiger partial charge in [-0.05, 0) is 63.4 Å². The van der Waals surface area contributed by atoms with Crippen LogP contribution in [-0.4, -0.2) is 31.3 Å². The SMILES string of the molecule is Cc1ccc(C2(CNC(=O)C(C)(C)Oc3ccc(Cl)cc3)CCOCC2)cc1. The number of nitrogens with one attached hydrogen (secondary N) is 1. The van der Waals surface area contributed by atoms with Crippen LogP contribution in [0.3, 0.4) is 0 Å². The minimum atomic E-state index is -0.993. The van der Waals surface area contributed by atoms with Gasteiger partial charge in [0.15, 0.2) is 5.60 Å². The van der Waals surface area contributed by atoms with Crippen LogP contribution in [0.15, 0.2) is 48.5 Å². The van der Waals surface area contributed by atoms with Gasteiger partial charge in [0.2, 0.25) is 0 Å². The van der Waals surface area contributed by atoms with Crippen molar-refractivity contribution >= 4 is 17.5 Å². The van der Waals surface area contributed by atoms with Gasteiger partial charge in [0.25, 0.3) is 5.91 Å². The van der Waals surface area contributed by atoms with Gasteiger partial charge in [-0.25, -0.2) is 0 Å². The van der Waals surface area contributed by atoms with E-state index >= 15 is 0 Å². The van der Waals surface area contributed by atoms with Crippen LogP contribution in [0.1, 0.15) is 37.8 Å². The van der Waals surface area contributed by atoms with Crippen molar-refractivity contribution in [1.82, 2.24) is 5.32 Å². The molecule has 1 amide bonds. The predicted molar refractivity (Wildman–Crippen MR) is 112 cm³/mol. The number of hydrogen-bond donors (Lipinski definition) is 1. The number of carbonyl (C=O) groups excluding carboxylic acids is 1. The molecule has 0 saturated carbocycles. The molecule has 0 spiro atoms. The van der Waals surface area contributed by atoms with Crippen LogP contribution < -0.4 is 10.1 Å². The molecule has 28 heavy (non-hydrogen) atoms. The number of aryl methyl sites for hydroxylation is 1. The molecule has 1 N–H and O–H groups in total. The highest BCUT2D eigenvalue weighted by Gasteiger charge is 2.37. The lowest BCUT2D eigenvalue weighted by Gasteiger charge is -2.39. The van der Waals surface area contributed by atoms with Gasteiger partial charge in [0, 0.05) is 30.2 Å². The second-order valence-electron chi connectivity index (χ2n) is 8.01. The molecule has 2 aromatic carbocycles. The second kappa shape index (κ2) is 8.54. The number of ether oxygens (including phenoxy) is 2. The summed E-state index contributed by atoms with van der Waals surface area (Å²) in [5, 5.41) is 3.77. The van der Waals surface area contributed by atoms with Crippen molar-refractivity contribution in [1.29, 1.82) is 0 Å². The molecule has 2 aromatic rings. The van der Waals surface area contributed by atoms with E-state index in [-0.39, 0.29) is 11.3 Å². The van der Waals surface area contributed by atoms with E-state index in [1.54, 1.807) is 38.1 Å². The molecule has 0 aromatic heterocycles. The summed E-state index contributed by atoms with van der Waals surface area (Å²) in [7, 11) is 0. The third kappa shape index (κ3) is 4.86. The van der Waals surface area contributed by atoms with Crippen molar-refractivity contribution in [3.63, 3.8) is 0 Å². The summed E-state index contributed by atoms with van der Waals surface area (Å²) in [6.45, 7) is 7.60. The molecule has 0 atom stereocenters. The Kier molecular flexibility index (Phi) is 6.31. The van der Waals surface area contributed by atoms with Crippen LogP contribution in [0.5, 0.6) is 5.75 Å². The van der Waals surface area contributed by atoms with Crippen LogP contribution >= 0.6 is 11.6 Å². The number of hydrogen-bond acceptors (Lipinski definition) is 3. The number of carbonyl (C=O) groups is 1. The minimum absolute atomic E-state index is 0.113.